The first kappa shape index (κ1) is 16.4. The first-order valence-corrected chi connectivity index (χ1v) is 8.30. The van der Waals surface area contributed by atoms with E-state index < -0.39 is 0 Å². The number of hydrogen-bond donors (Lipinski definition) is 1. The van der Waals surface area contributed by atoms with Crippen molar-refractivity contribution < 1.29 is 9.53 Å². The summed E-state index contributed by atoms with van der Waals surface area (Å²) in [6.07, 6.45) is 5.52. The fraction of sp³-hybridized carbons (Fsp3) is 0.375. The van der Waals surface area contributed by atoms with E-state index in [1.807, 2.05) is 55.3 Å². The summed E-state index contributed by atoms with van der Waals surface area (Å²) < 4.78 is 7.19. The Bertz CT molecular complexity index is 642. The molecule has 2 aromatic rings. The van der Waals surface area contributed by atoms with Crippen LogP contribution in [0, 0.1) is 0 Å². The monoisotopic (exact) mass is 319 g/mol. The van der Waals surface area contributed by atoms with Crippen LogP contribution in [0.3, 0.4) is 0 Å². The molecule has 0 spiro atoms. The molecule has 118 valence electrons. The molecule has 0 aliphatic heterocycles. The molecule has 1 amide bonds. The van der Waals surface area contributed by atoms with Gasteiger partial charge in [-0.25, -0.2) is 4.98 Å². The van der Waals surface area contributed by atoms with E-state index in [9.17, 15) is 4.79 Å². The Morgan fingerprint density at radius 3 is 2.82 bits per heavy atom. The molecule has 2 atom stereocenters. The average Bonchev–Trinajstić information content (AvgIpc) is 2.97. The molecule has 1 heterocycles. The minimum atomic E-state index is -0.308. The van der Waals surface area contributed by atoms with Gasteiger partial charge in [-0.1, -0.05) is 12.1 Å². The number of imidazole rings is 1. The van der Waals surface area contributed by atoms with Gasteiger partial charge in [0.1, 0.15) is 17.6 Å². The second-order valence-corrected chi connectivity index (χ2v) is 6.17. The highest BCUT2D eigenvalue weighted by molar-refractivity contribution is 7.99. The van der Waals surface area contributed by atoms with Crippen molar-refractivity contribution in [1.29, 1.82) is 0 Å². The smallest absolute Gasteiger partial charge is 0.233 e. The van der Waals surface area contributed by atoms with Crippen molar-refractivity contribution in [1.82, 2.24) is 14.9 Å². The first-order valence-electron chi connectivity index (χ1n) is 7.01. The highest BCUT2D eigenvalue weighted by Crippen LogP contribution is 2.24. The van der Waals surface area contributed by atoms with Gasteiger partial charge in [-0.05, 0) is 30.9 Å². The lowest BCUT2D eigenvalue weighted by molar-refractivity contribution is -0.120. The Morgan fingerprint density at radius 2 is 2.23 bits per heavy atom. The van der Waals surface area contributed by atoms with Crippen molar-refractivity contribution in [3.8, 4) is 5.75 Å². The van der Waals surface area contributed by atoms with Crippen LogP contribution in [0.25, 0.3) is 0 Å². The van der Waals surface area contributed by atoms with E-state index in [4.69, 9.17) is 4.74 Å². The maximum Gasteiger partial charge on any atom is 0.233 e. The maximum absolute atomic E-state index is 12.3. The Hall–Kier alpha value is -1.95. The second-order valence-electron chi connectivity index (χ2n) is 4.99. The number of thioether (sulfide) groups is 1. The number of amides is 1. The van der Waals surface area contributed by atoms with Gasteiger partial charge in [0, 0.05) is 19.4 Å². The van der Waals surface area contributed by atoms with Crippen LogP contribution in [-0.4, -0.2) is 34.1 Å². The van der Waals surface area contributed by atoms with Crippen LogP contribution in [0.4, 0.5) is 0 Å². The zero-order valence-corrected chi connectivity index (χ0v) is 14.1. The number of nitrogens with zero attached hydrogens (tertiary/aromatic N) is 2. The molecular formula is C16H21N3O2S. The third-order valence-corrected chi connectivity index (χ3v) is 4.47. The molecule has 1 aromatic heterocycles. The fourth-order valence-electron chi connectivity index (χ4n) is 2.14. The molecule has 1 aromatic carbocycles. The number of carbonyl (C=O) groups is 1. The quantitative estimate of drug-likeness (QED) is 0.888. The molecule has 0 unspecified atom stereocenters. The van der Waals surface area contributed by atoms with Crippen molar-refractivity contribution in [2.45, 2.75) is 18.2 Å². The summed E-state index contributed by atoms with van der Waals surface area (Å²) in [4.78, 5) is 16.7. The minimum Gasteiger partial charge on any atom is -0.497 e. The molecule has 0 fully saturated rings. The number of nitrogens with one attached hydrogen (secondary N) is 1. The number of carbonyl (C=O) groups excluding carboxylic acids is 1. The first-order chi connectivity index (χ1) is 10.6. The average molecular weight is 319 g/mol. The molecule has 0 aliphatic rings. The summed E-state index contributed by atoms with van der Waals surface area (Å²) in [7, 11) is 3.54. The lowest BCUT2D eigenvalue weighted by atomic mass is 10.1. The van der Waals surface area contributed by atoms with Gasteiger partial charge in [0.2, 0.25) is 5.91 Å². The zero-order valence-electron chi connectivity index (χ0n) is 13.2. The van der Waals surface area contributed by atoms with Crippen LogP contribution in [0.1, 0.15) is 24.4 Å². The molecule has 0 aliphatic carbocycles. The molecule has 6 heteroatoms. The summed E-state index contributed by atoms with van der Waals surface area (Å²) in [5.74, 6) is 1.53. The van der Waals surface area contributed by atoms with Crippen molar-refractivity contribution in [3.63, 3.8) is 0 Å². The van der Waals surface area contributed by atoms with Gasteiger partial charge in [-0.15, -0.1) is 0 Å². The van der Waals surface area contributed by atoms with Gasteiger partial charge in [0.25, 0.3) is 0 Å². The number of aromatic nitrogens is 2. The van der Waals surface area contributed by atoms with Crippen molar-refractivity contribution in [3.05, 3.63) is 48.0 Å². The highest BCUT2D eigenvalue weighted by atomic mass is 32.2. The van der Waals surface area contributed by atoms with Crippen molar-refractivity contribution in [2.24, 2.45) is 7.05 Å². The summed E-state index contributed by atoms with van der Waals surface area (Å²) in [6.45, 7) is 1.89. The lowest BCUT2D eigenvalue weighted by Gasteiger charge is -2.21. The molecule has 5 nitrogen and oxygen atoms in total. The van der Waals surface area contributed by atoms with Crippen LogP contribution in [0.2, 0.25) is 0 Å². The van der Waals surface area contributed by atoms with Gasteiger partial charge >= 0.3 is 0 Å². The van der Waals surface area contributed by atoms with Crippen LogP contribution < -0.4 is 10.1 Å². The van der Waals surface area contributed by atoms with E-state index >= 15 is 0 Å². The second kappa shape index (κ2) is 7.35. The molecule has 22 heavy (non-hydrogen) atoms. The molecule has 1 N–H and O–H groups in total. The van der Waals surface area contributed by atoms with E-state index in [0.717, 1.165) is 17.1 Å². The molecule has 0 bridgehead atoms. The SMILES string of the molecule is COc1cccc([C@H](NC(=O)[C@H](C)SC)c2nccn2C)c1. The van der Waals surface area contributed by atoms with E-state index in [1.165, 1.54) is 11.8 Å². The number of benzene rings is 1. The van der Waals surface area contributed by atoms with Gasteiger partial charge in [-0.2, -0.15) is 11.8 Å². The van der Waals surface area contributed by atoms with Gasteiger partial charge in [-0.3, -0.25) is 4.79 Å². The number of aryl methyl sites for hydroxylation is 1. The Labute approximate surface area is 135 Å². The Morgan fingerprint density at radius 1 is 1.45 bits per heavy atom. The molecule has 0 saturated carbocycles. The van der Waals surface area contributed by atoms with Gasteiger partial charge in [0.15, 0.2) is 0 Å². The van der Waals surface area contributed by atoms with E-state index in [0.29, 0.717) is 0 Å². The molecule has 0 radical (unpaired) electrons. The zero-order chi connectivity index (χ0) is 16.1. The van der Waals surface area contributed by atoms with E-state index in [2.05, 4.69) is 10.3 Å². The third kappa shape index (κ3) is 3.62. The predicted molar refractivity (Wildman–Crippen MR) is 89.2 cm³/mol. The van der Waals surface area contributed by atoms with Gasteiger partial charge < -0.3 is 14.6 Å². The number of hydrogen-bond acceptors (Lipinski definition) is 4. The number of methoxy groups -OCH3 is 1. The van der Waals surface area contributed by atoms with Crippen LogP contribution in [0.5, 0.6) is 5.75 Å². The predicted octanol–water partition coefficient (Wildman–Crippen LogP) is 2.39. The summed E-state index contributed by atoms with van der Waals surface area (Å²) >= 11 is 1.52. The largest absolute Gasteiger partial charge is 0.497 e. The summed E-state index contributed by atoms with van der Waals surface area (Å²) in [5.41, 5.74) is 0.940. The summed E-state index contributed by atoms with van der Waals surface area (Å²) in [5, 5.41) is 2.96. The summed E-state index contributed by atoms with van der Waals surface area (Å²) in [6, 6.07) is 7.37. The van der Waals surface area contributed by atoms with E-state index in [1.54, 1.807) is 13.3 Å². The van der Waals surface area contributed by atoms with Crippen molar-refractivity contribution in [2.75, 3.05) is 13.4 Å². The van der Waals surface area contributed by atoms with Crippen LogP contribution in [-0.2, 0) is 11.8 Å². The van der Waals surface area contributed by atoms with Crippen LogP contribution >= 0.6 is 11.8 Å². The minimum absolute atomic E-state index is 0.0108. The van der Waals surface area contributed by atoms with E-state index in [-0.39, 0.29) is 17.2 Å². The van der Waals surface area contributed by atoms with Crippen LogP contribution in [0.15, 0.2) is 36.7 Å². The third-order valence-electron chi connectivity index (χ3n) is 3.55. The molecule has 2 rings (SSSR count). The number of rotatable bonds is 6. The lowest BCUT2D eigenvalue weighted by Crippen LogP contribution is -2.36. The molecular weight excluding hydrogens is 298 g/mol. The maximum atomic E-state index is 12.3. The van der Waals surface area contributed by atoms with Crippen molar-refractivity contribution >= 4 is 17.7 Å². The Kier molecular flexibility index (Phi) is 5.49. The Balaban J connectivity index is 2.37. The normalized spacial score (nSPS) is 13.5. The topological polar surface area (TPSA) is 56.1 Å². The standard InChI is InChI=1S/C16H21N3O2S/c1-11(22-4)16(20)18-14(15-17-8-9-19(15)2)12-6-5-7-13(10-12)21-3/h5-11,14H,1-4H3,(H,18,20)/t11-,14-/m0/s1. The number of ether oxygens (including phenoxy) is 1. The molecule has 0 saturated heterocycles. The van der Waals surface area contributed by atoms with Gasteiger partial charge in [0.05, 0.1) is 12.4 Å². The fourth-order valence-corrected chi connectivity index (χ4v) is 2.42. The highest BCUT2D eigenvalue weighted by Gasteiger charge is 2.23.